The lowest BCUT2D eigenvalue weighted by Crippen LogP contribution is -2.33. The highest BCUT2D eigenvalue weighted by molar-refractivity contribution is 7.98. The van der Waals surface area contributed by atoms with Crippen molar-refractivity contribution in [3.05, 3.63) is 12.7 Å². The van der Waals surface area contributed by atoms with E-state index in [1.54, 1.807) is 10.9 Å². The van der Waals surface area contributed by atoms with Gasteiger partial charge >= 0.3 is 0 Å². The molecule has 0 bridgehead atoms. The molecule has 0 aliphatic carbocycles. The first-order valence-electron chi connectivity index (χ1n) is 7.98. The van der Waals surface area contributed by atoms with E-state index in [-0.39, 0.29) is 6.61 Å². The Kier molecular flexibility index (Phi) is 5.67. The van der Waals surface area contributed by atoms with E-state index in [4.69, 9.17) is 9.47 Å². The first kappa shape index (κ1) is 17.6. The van der Waals surface area contributed by atoms with Crippen LogP contribution in [-0.4, -0.2) is 67.5 Å². The third-order valence-electron chi connectivity index (χ3n) is 4.05. The fourth-order valence-electron chi connectivity index (χ4n) is 2.71. The maximum absolute atomic E-state index is 10.4. The minimum atomic E-state index is -1.07. The smallest absolute Gasteiger partial charge is 0.166 e. The molecule has 1 aliphatic heterocycles. The second-order valence-electron chi connectivity index (χ2n) is 5.68. The first-order chi connectivity index (χ1) is 11.7. The molecule has 2 aromatic heterocycles. The summed E-state index contributed by atoms with van der Waals surface area (Å²) in [4.78, 5) is 12.7. The summed E-state index contributed by atoms with van der Waals surface area (Å²) in [6, 6.07) is 0. The van der Waals surface area contributed by atoms with E-state index < -0.39 is 24.5 Å². The summed E-state index contributed by atoms with van der Waals surface area (Å²) in [6.07, 6.45) is 3.49. The van der Waals surface area contributed by atoms with Gasteiger partial charge in [0.25, 0.3) is 0 Å². The van der Waals surface area contributed by atoms with Crippen LogP contribution in [0, 0.1) is 0 Å². The molecule has 2 N–H and O–H groups in total. The molecule has 3 rings (SSSR count). The van der Waals surface area contributed by atoms with Crippen molar-refractivity contribution in [1.29, 1.82) is 0 Å². The van der Waals surface area contributed by atoms with Gasteiger partial charge in [0, 0.05) is 6.61 Å². The minimum Gasteiger partial charge on any atom is -0.387 e. The zero-order valence-electron chi connectivity index (χ0n) is 13.7. The van der Waals surface area contributed by atoms with Crippen LogP contribution in [0.2, 0.25) is 0 Å². The largest absolute Gasteiger partial charge is 0.387 e. The summed E-state index contributed by atoms with van der Waals surface area (Å²) in [6.45, 7) is 2.94. The molecule has 0 aromatic carbocycles. The van der Waals surface area contributed by atoms with Gasteiger partial charge in [0.05, 0.1) is 12.9 Å². The lowest BCUT2D eigenvalue weighted by molar-refractivity contribution is -0.0656. The van der Waals surface area contributed by atoms with Crippen LogP contribution in [-0.2, 0) is 9.47 Å². The Labute approximate surface area is 144 Å². The van der Waals surface area contributed by atoms with Crippen molar-refractivity contribution < 1.29 is 19.7 Å². The number of imidazole rings is 1. The molecule has 0 amide bonds. The molecule has 1 aliphatic rings. The molecule has 1 fully saturated rings. The number of hydrogen-bond donors (Lipinski definition) is 2. The summed E-state index contributed by atoms with van der Waals surface area (Å²) in [7, 11) is 0. The Morgan fingerprint density at radius 3 is 2.88 bits per heavy atom. The number of aliphatic hydroxyl groups excluding tert-OH is 2. The van der Waals surface area contributed by atoms with Crippen molar-refractivity contribution in [2.24, 2.45) is 0 Å². The molecule has 3 heterocycles. The molecule has 0 saturated carbocycles. The summed E-state index contributed by atoms with van der Waals surface area (Å²) in [5.74, 6) is 0. The molecule has 4 atom stereocenters. The van der Waals surface area contributed by atoms with Gasteiger partial charge in [0.2, 0.25) is 0 Å². The van der Waals surface area contributed by atoms with Crippen LogP contribution in [0.15, 0.2) is 17.7 Å². The molecule has 24 heavy (non-hydrogen) atoms. The predicted octanol–water partition coefficient (Wildman–Crippen LogP) is 0.984. The normalized spacial score (nSPS) is 27.2. The molecule has 132 valence electrons. The van der Waals surface area contributed by atoms with Crippen molar-refractivity contribution in [3.63, 3.8) is 0 Å². The van der Waals surface area contributed by atoms with Crippen LogP contribution in [0.5, 0.6) is 0 Å². The van der Waals surface area contributed by atoms with Crippen molar-refractivity contribution in [2.45, 2.75) is 49.3 Å². The van der Waals surface area contributed by atoms with Crippen LogP contribution in [0.3, 0.4) is 0 Å². The van der Waals surface area contributed by atoms with E-state index in [1.807, 2.05) is 6.26 Å². The van der Waals surface area contributed by atoms with Gasteiger partial charge in [-0.1, -0.05) is 13.3 Å². The Morgan fingerprint density at radius 1 is 1.29 bits per heavy atom. The average molecular weight is 354 g/mol. The number of hydrogen-bond acceptors (Lipinski definition) is 8. The van der Waals surface area contributed by atoms with E-state index in [0.717, 1.165) is 17.9 Å². The summed E-state index contributed by atoms with van der Waals surface area (Å²) < 4.78 is 13.0. The van der Waals surface area contributed by atoms with Crippen LogP contribution in [0.4, 0.5) is 0 Å². The van der Waals surface area contributed by atoms with E-state index in [1.165, 1.54) is 18.1 Å². The van der Waals surface area contributed by atoms with E-state index in [2.05, 4.69) is 21.9 Å². The lowest BCUT2D eigenvalue weighted by Gasteiger charge is -2.16. The van der Waals surface area contributed by atoms with Crippen molar-refractivity contribution in [1.82, 2.24) is 19.5 Å². The Balaban J connectivity index is 1.77. The number of aromatic nitrogens is 4. The second kappa shape index (κ2) is 7.75. The van der Waals surface area contributed by atoms with Crippen molar-refractivity contribution in [2.75, 3.05) is 19.5 Å². The summed E-state index contributed by atoms with van der Waals surface area (Å²) in [5.41, 5.74) is 1.22. The Bertz CT molecular complexity index is 683. The van der Waals surface area contributed by atoms with Gasteiger partial charge in [-0.15, -0.1) is 11.8 Å². The summed E-state index contributed by atoms with van der Waals surface area (Å²) in [5, 5.41) is 21.3. The molecule has 9 heteroatoms. The van der Waals surface area contributed by atoms with Gasteiger partial charge in [-0.2, -0.15) is 0 Å². The number of rotatable bonds is 7. The van der Waals surface area contributed by atoms with E-state index in [9.17, 15) is 10.2 Å². The fourth-order valence-corrected chi connectivity index (χ4v) is 3.20. The fraction of sp³-hybridized carbons (Fsp3) is 0.667. The molecular weight excluding hydrogens is 332 g/mol. The predicted molar refractivity (Wildman–Crippen MR) is 88.8 cm³/mol. The van der Waals surface area contributed by atoms with Crippen LogP contribution < -0.4 is 0 Å². The molecule has 2 aromatic rings. The topological polar surface area (TPSA) is 103 Å². The molecule has 8 nitrogen and oxygen atoms in total. The number of fused-ring (bicyclic) bond motifs is 1. The third-order valence-corrected chi connectivity index (χ3v) is 4.74. The molecule has 0 radical (unpaired) electrons. The second-order valence-corrected chi connectivity index (χ2v) is 6.48. The molecule has 2 unspecified atom stereocenters. The van der Waals surface area contributed by atoms with Gasteiger partial charge in [-0.05, 0) is 12.7 Å². The first-order valence-corrected chi connectivity index (χ1v) is 9.20. The zero-order chi connectivity index (χ0) is 17.1. The maximum atomic E-state index is 10.4. The highest BCUT2D eigenvalue weighted by Crippen LogP contribution is 2.32. The summed E-state index contributed by atoms with van der Waals surface area (Å²) >= 11 is 1.47. The Morgan fingerprint density at radius 2 is 2.12 bits per heavy atom. The lowest BCUT2D eigenvalue weighted by atomic mass is 10.1. The van der Waals surface area contributed by atoms with Crippen LogP contribution in [0.25, 0.3) is 11.2 Å². The van der Waals surface area contributed by atoms with Gasteiger partial charge in [0.1, 0.15) is 35.2 Å². The third kappa shape index (κ3) is 3.27. The van der Waals surface area contributed by atoms with Crippen molar-refractivity contribution >= 4 is 22.9 Å². The van der Waals surface area contributed by atoms with Crippen LogP contribution in [0.1, 0.15) is 26.0 Å². The molecule has 0 spiro atoms. The molecule has 1 saturated heterocycles. The SMILES string of the molecule is CCCCOC[C@H]1O[C@@H](n2cnc3c(SC)ncnc32)C(O)C1O. The number of unbranched alkanes of at least 4 members (excludes halogenated alkanes) is 1. The van der Waals surface area contributed by atoms with Crippen molar-refractivity contribution in [3.8, 4) is 0 Å². The quantitative estimate of drug-likeness (QED) is 0.431. The maximum Gasteiger partial charge on any atom is 0.166 e. The van der Waals surface area contributed by atoms with E-state index >= 15 is 0 Å². The van der Waals surface area contributed by atoms with Crippen LogP contribution >= 0.6 is 11.8 Å². The average Bonchev–Trinajstić information content (AvgIpc) is 3.14. The van der Waals surface area contributed by atoms with Gasteiger partial charge in [-0.3, -0.25) is 4.57 Å². The zero-order valence-corrected chi connectivity index (χ0v) is 14.5. The monoisotopic (exact) mass is 354 g/mol. The van der Waals surface area contributed by atoms with Gasteiger partial charge in [-0.25, -0.2) is 15.0 Å². The van der Waals surface area contributed by atoms with Gasteiger partial charge in [0.15, 0.2) is 11.9 Å². The molecular formula is C15H22N4O4S. The number of aliphatic hydroxyl groups is 2. The minimum absolute atomic E-state index is 0.242. The number of nitrogens with zero attached hydrogens (tertiary/aromatic N) is 4. The standard InChI is InChI=1S/C15H22N4O4S/c1-3-4-5-22-6-9-11(20)12(21)15(23-9)19-8-18-10-13(19)16-7-17-14(10)24-2/h7-9,11-12,15,20-21H,3-6H2,1-2H3/t9-,11?,12?,15-/m1/s1. The highest BCUT2D eigenvalue weighted by Gasteiger charge is 2.44. The Hall–Kier alpha value is -1.26. The number of ether oxygens (including phenoxy) is 2. The van der Waals surface area contributed by atoms with E-state index in [0.29, 0.717) is 17.8 Å². The highest BCUT2D eigenvalue weighted by atomic mass is 32.2. The van der Waals surface area contributed by atoms with Gasteiger partial charge < -0.3 is 19.7 Å². The number of thioether (sulfide) groups is 1.